The summed E-state index contributed by atoms with van der Waals surface area (Å²) in [5, 5.41) is 6.24. The maximum atomic E-state index is 14.0. The molecule has 2 aromatic heterocycles. The molecule has 8 nitrogen and oxygen atoms in total. The average molecular weight is 480 g/mol. The van der Waals surface area contributed by atoms with Crippen molar-refractivity contribution in [3.8, 4) is 5.75 Å². The fraction of sp³-hybridized carbons (Fsp3) is 0.160. The summed E-state index contributed by atoms with van der Waals surface area (Å²) < 4.78 is 39.1. The Morgan fingerprint density at radius 3 is 2.51 bits per heavy atom. The molecule has 0 spiro atoms. The molecule has 4 rings (SSSR count). The number of methoxy groups -OCH3 is 2. The number of nitrogens with one attached hydrogen (secondary N) is 2. The van der Waals surface area contributed by atoms with E-state index in [1.165, 1.54) is 37.1 Å². The number of anilines is 2. The number of aromatic nitrogens is 2. The van der Waals surface area contributed by atoms with E-state index in [9.17, 15) is 18.4 Å². The molecule has 0 saturated heterocycles. The van der Waals surface area contributed by atoms with Crippen LogP contribution >= 0.6 is 0 Å². The molecule has 0 fully saturated rings. The minimum absolute atomic E-state index is 0.00101. The molecule has 1 amide bonds. The molecule has 2 heterocycles. The van der Waals surface area contributed by atoms with Gasteiger partial charge in [0.2, 0.25) is 0 Å². The number of esters is 1. The number of carbonyl (C=O) groups is 2. The van der Waals surface area contributed by atoms with Crippen LogP contribution in [0.25, 0.3) is 11.0 Å². The van der Waals surface area contributed by atoms with Gasteiger partial charge in [-0.25, -0.2) is 18.6 Å². The zero-order chi connectivity index (χ0) is 25.1. The van der Waals surface area contributed by atoms with Crippen LogP contribution in [0.3, 0.4) is 0 Å². The number of carbonyl (C=O) groups excluding carboxylic acids is 2. The number of nitrogens with zero attached hydrogens (tertiary/aromatic N) is 2. The average Bonchev–Trinajstić information content (AvgIpc) is 3.15. The Morgan fingerprint density at radius 1 is 1.09 bits per heavy atom. The molecule has 2 aromatic carbocycles. The third kappa shape index (κ3) is 4.63. The summed E-state index contributed by atoms with van der Waals surface area (Å²) in [6.07, 6.45) is 1.50. The second kappa shape index (κ2) is 9.80. The first kappa shape index (κ1) is 23.7. The van der Waals surface area contributed by atoms with Crippen molar-refractivity contribution in [3.63, 3.8) is 0 Å². The number of hydrogen-bond acceptors (Lipinski definition) is 6. The third-order valence-corrected chi connectivity index (χ3v) is 5.51. The molecule has 2 N–H and O–H groups in total. The van der Waals surface area contributed by atoms with Crippen molar-refractivity contribution in [2.24, 2.45) is 7.05 Å². The Morgan fingerprint density at radius 2 is 1.83 bits per heavy atom. The predicted molar refractivity (Wildman–Crippen MR) is 127 cm³/mol. The third-order valence-electron chi connectivity index (χ3n) is 5.51. The Kier molecular flexibility index (Phi) is 6.63. The highest BCUT2D eigenvalue weighted by Gasteiger charge is 2.25. The molecule has 180 valence electrons. The smallest absolute Gasteiger partial charge is 0.356 e. The van der Waals surface area contributed by atoms with Gasteiger partial charge in [0.1, 0.15) is 11.4 Å². The number of amides is 1. The van der Waals surface area contributed by atoms with E-state index in [0.717, 1.165) is 6.07 Å². The molecule has 0 radical (unpaired) electrons. The highest BCUT2D eigenvalue weighted by atomic mass is 19.2. The van der Waals surface area contributed by atoms with E-state index in [1.807, 2.05) is 0 Å². The summed E-state index contributed by atoms with van der Waals surface area (Å²) in [6.45, 7) is 0.00101. The SMILES string of the molecule is COC(=O)c1c(NC(=O)c2ccc(OC)cc2)c2cc(NCc3cccc(F)c3F)cnc2n1C. The summed E-state index contributed by atoms with van der Waals surface area (Å²) in [4.78, 5) is 29.9. The minimum Gasteiger partial charge on any atom is -0.497 e. The second-order valence-corrected chi connectivity index (χ2v) is 7.62. The second-order valence-electron chi connectivity index (χ2n) is 7.62. The number of pyridine rings is 1. The lowest BCUT2D eigenvalue weighted by atomic mass is 10.1. The summed E-state index contributed by atoms with van der Waals surface area (Å²) >= 11 is 0. The molecule has 0 bridgehead atoms. The summed E-state index contributed by atoms with van der Waals surface area (Å²) in [5.74, 6) is -2.39. The maximum Gasteiger partial charge on any atom is 0.356 e. The van der Waals surface area contributed by atoms with Gasteiger partial charge in [-0.15, -0.1) is 0 Å². The van der Waals surface area contributed by atoms with Crippen LogP contribution < -0.4 is 15.4 Å². The molecule has 0 aliphatic carbocycles. The summed E-state index contributed by atoms with van der Waals surface area (Å²) in [5.41, 5.74) is 1.69. The first-order chi connectivity index (χ1) is 16.8. The number of hydrogen-bond donors (Lipinski definition) is 2. The predicted octanol–water partition coefficient (Wildman–Crippen LogP) is 4.51. The van der Waals surface area contributed by atoms with E-state index in [0.29, 0.717) is 28.0 Å². The summed E-state index contributed by atoms with van der Waals surface area (Å²) in [6, 6.07) is 12.1. The largest absolute Gasteiger partial charge is 0.497 e. The fourth-order valence-corrected chi connectivity index (χ4v) is 3.68. The Balaban J connectivity index is 1.71. The van der Waals surface area contributed by atoms with Gasteiger partial charge in [0.15, 0.2) is 17.3 Å². The number of halogens is 2. The molecule has 0 saturated carbocycles. The van der Waals surface area contributed by atoms with Crippen molar-refractivity contribution < 1.29 is 27.8 Å². The van der Waals surface area contributed by atoms with Crippen LogP contribution in [0.15, 0.2) is 54.7 Å². The van der Waals surface area contributed by atoms with Crippen molar-refractivity contribution in [1.29, 1.82) is 0 Å². The number of rotatable bonds is 7. The number of ether oxygens (including phenoxy) is 2. The van der Waals surface area contributed by atoms with Gasteiger partial charge in [-0.05, 0) is 36.4 Å². The normalized spacial score (nSPS) is 10.8. The fourth-order valence-electron chi connectivity index (χ4n) is 3.68. The minimum atomic E-state index is -0.938. The van der Waals surface area contributed by atoms with Crippen LogP contribution in [0.5, 0.6) is 5.75 Å². The lowest BCUT2D eigenvalue weighted by molar-refractivity contribution is 0.0591. The van der Waals surface area contributed by atoms with Crippen molar-refractivity contribution in [1.82, 2.24) is 9.55 Å². The van der Waals surface area contributed by atoms with E-state index >= 15 is 0 Å². The van der Waals surface area contributed by atoms with Gasteiger partial charge in [-0.1, -0.05) is 12.1 Å². The van der Waals surface area contributed by atoms with Gasteiger partial charge in [-0.2, -0.15) is 0 Å². The zero-order valence-corrected chi connectivity index (χ0v) is 19.2. The lowest BCUT2D eigenvalue weighted by Gasteiger charge is -2.09. The number of fused-ring (bicyclic) bond motifs is 1. The zero-order valence-electron chi connectivity index (χ0n) is 19.2. The summed E-state index contributed by atoms with van der Waals surface area (Å²) in [7, 11) is 4.39. The van der Waals surface area contributed by atoms with Crippen LogP contribution in [-0.2, 0) is 18.3 Å². The van der Waals surface area contributed by atoms with Gasteiger partial charge in [-0.3, -0.25) is 4.79 Å². The van der Waals surface area contributed by atoms with Crippen LogP contribution in [0.1, 0.15) is 26.4 Å². The van der Waals surface area contributed by atoms with E-state index in [-0.39, 0.29) is 23.5 Å². The maximum absolute atomic E-state index is 14.0. The van der Waals surface area contributed by atoms with Gasteiger partial charge in [0.25, 0.3) is 5.91 Å². The number of benzene rings is 2. The van der Waals surface area contributed by atoms with Crippen LogP contribution in [-0.4, -0.2) is 35.6 Å². The highest BCUT2D eigenvalue weighted by molar-refractivity contribution is 6.14. The van der Waals surface area contributed by atoms with Gasteiger partial charge < -0.3 is 24.7 Å². The molecule has 4 aromatic rings. The standard InChI is InChI=1S/C25H22F2N4O4/c1-31-22(25(33)35-3)21(30-24(32)14-7-9-17(34-2)10-8-14)18-11-16(13-29-23(18)31)28-12-15-5-4-6-19(26)20(15)27/h4-11,13,28H,12H2,1-3H3,(H,30,32). The molecule has 0 unspecified atom stereocenters. The van der Waals surface area contributed by atoms with Crippen LogP contribution in [0.4, 0.5) is 20.2 Å². The van der Waals surface area contributed by atoms with E-state index in [1.54, 1.807) is 37.4 Å². The molecular weight excluding hydrogens is 458 g/mol. The van der Waals surface area contributed by atoms with Gasteiger partial charge in [0.05, 0.1) is 31.8 Å². The van der Waals surface area contributed by atoms with Crippen molar-refractivity contribution in [3.05, 3.63) is 83.2 Å². The van der Waals surface area contributed by atoms with Gasteiger partial charge >= 0.3 is 5.97 Å². The van der Waals surface area contributed by atoms with Crippen molar-refractivity contribution >= 4 is 34.3 Å². The molecule has 35 heavy (non-hydrogen) atoms. The lowest BCUT2D eigenvalue weighted by Crippen LogP contribution is -2.16. The van der Waals surface area contributed by atoms with E-state index in [4.69, 9.17) is 9.47 Å². The molecular formula is C25H22F2N4O4. The van der Waals surface area contributed by atoms with Crippen molar-refractivity contribution in [2.75, 3.05) is 24.9 Å². The molecule has 10 heteroatoms. The Bertz CT molecular complexity index is 1420. The van der Waals surface area contributed by atoms with Crippen molar-refractivity contribution in [2.45, 2.75) is 6.54 Å². The number of aryl methyl sites for hydroxylation is 1. The van der Waals surface area contributed by atoms with E-state index in [2.05, 4.69) is 15.6 Å². The Hall–Kier alpha value is -4.47. The highest BCUT2D eigenvalue weighted by Crippen LogP contribution is 2.32. The topological polar surface area (TPSA) is 94.5 Å². The van der Waals surface area contributed by atoms with E-state index < -0.39 is 23.5 Å². The monoisotopic (exact) mass is 480 g/mol. The quantitative estimate of drug-likeness (QED) is 0.378. The van der Waals surface area contributed by atoms with Crippen LogP contribution in [0.2, 0.25) is 0 Å². The first-order valence-electron chi connectivity index (χ1n) is 10.5. The Labute approximate surface area is 199 Å². The molecule has 0 atom stereocenters. The first-order valence-corrected chi connectivity index (χ1v) is 10.5. The molecule has 0 aliphatic rings. The van der Waals surface area contributed by atoms with Crippen LogP contribution in [0, 0.1) is 11.6 Å². The molecule has 0 aliphatic heterocycles. The van der Waals surface area contributed by atoms with Gasteiger partial charge in [0, 0.05) is 30.1 Å².